The van der Waals surface area contributed by atoms with E-state index in [2.05, 4.69) is 70.6 Å². The van der Waals surface area contributed by atoms with Crippen LogP contribution >= 0.6 is 34.8 Å². The Labute approximate surface area is 212 Å². The Bertz CT molecular complexity index is 1290. The van der Waals surface area contributed by atoms with Crippen LogP contribution < -0.4 is 10.2 Å². The zero-order valence-electron chi connectivity index (χ0n) is 18.8. The molecule has 3 aromatic rings. The normalized spacial score (nSPS) is 15.5. The molecule has 1 saturated heterocycles. The van der Waals surface area contributed by atoms with Gasteiger partial charge in [-0.15, -0.1) is 0 Å². The lowest BCUT2D eigenvalue weighted by molar-refractivity contribution is -0.122. The van der Waals surface area contributed by atoms with Crippen LogP contribution in [0, 0.1) is 17.4 Å². The first kappa shape index (κ1) is 23.4. The summed E-state index contributed by atoms with van der Waals surface area (Å²) in [4.78, 5) is 27.5. The van der Waals surface area contributed by atoms with Gasteiger partial charge in [0.1, 0.15) is 5.57 Å². The van der Waals surface area contributed by atoms with Gasteiger partial charge in [-0.25, -0.2) is 0 Å². The second kappa shape index (κ2) is 9.23. The number of nitrogens with one attached hydrogen (secondary N) is 1. The second-order valence-electron chi connectivity index (χ2n) is 8.34. The highest BCUT2D eigenvalue weighted by molar-refractivity contribution is 14.1. The number of aromatic nitrogens is 1. The summed E-state index contributed by atoms with van der Waals surface area (Å²) >= 11 is 7.61. The lowest BCUT2D eigenvalue weighted by Crippen LogP contribution is -2.54. The summed E-state index contributed by atoms with van der Waals surface area (Å²) < 4.78 is 3.27. The van der Waals surface area contributed by atoms with Gasteiger partial charge in [-0.3, -0.25) is 19.8 Å². The lowest BCUT2D eigenvalue weighted by Gasteiger charge is -2.29. The Morgan fingerprint density at radius 3 is 2.18 bits per heavy atom. The van der Waals surface area contributed by atoms with Crippen molar-refractivity contribution in [2.24, 2.45) is 0 Å². The van der Waals surface area contributed by atoms with Gasteiger partial charge in [-0.1, -0.05) is 26.0 Å². The van der Waals surface area contributed by atoms with Crippen LogP contribution in [0.4, 0.5) is 5.69 Å². The number of rotatable bonds is 4. The lowest BCUT2D eigenvalue weighted by atomic mass is 10.0. The highest BCUT2D eigenvalue weighted by Crippen LogP contribution is 2.27. The Balaban J connectivity index is 1.72. The number of anilines is 1. The highest BCUT2D eigenvalue weighted by atomic mass is 127. The van der Waals surface area contributed by atoms with Crippen molar-refractivity contribution in [3.63, 3.8) is 0 Å². The minimum atomic E-state index is -0.487. The quantitative estimate of drug-likeness (QED) is 0.191. The van der Waals surface area contributed by atoms with Gasteiger partial charge < -0.3 is 4.57 Å². The number of carbonyl (C=O) groups excluding carboxylic acids is 2. The molecule has 2 aromatic carbocycles. The van der Waals surface area contributed by atoms with Crippen molar-refractivity contribution in [3.8, 4) is 5.69 Å². The summed E-state index contributed by atoms with van der Waals surface area (Å²) in [6.45, 7) is 8.21. The Hall–Kier alpha value is -2.78. The van der Waals surface area contributed by atoms with E-state index in [0.717, 1.165) is 31.8 Å². The molecule has 1 aliphatic heterocycles. The van der Waals surface area contributed by atoms with Crippen molar-refractivity contribution < 1.29 is 9.59 Å². The van der Waals surface area contributed by atoms with Crippen LogP contribution in [0.5, 0.6) is 0 Å². The zero-order chi connectivity index (χ0) is 23.9. The molecular weight excluding hydrogens is 545 g/mol. The van der Waals surface area contributed by atoms with E-state index in [-0.39, 0.29) is 10.7 Å². The third kappa shape index (κ3) is 4.52. The van der Waals surface area contributed by atoms with Crippen LogP contribution in [0.1, 0.15) is 42.3 Å². The number of nitrogens with zero attached hydrogens (tertiary/aromatic N) is 2. The van der Waals surface area contributed by atoms with E-state index in [1.165, 1.54) is 4.90 Å². The van der Waals surface area contributed by atoms with Gasteiger partial charge in [0.2, 0.25) is 0 Å². The third-order valence-electron chi connectivity index (χ3n) is 5.77. The molecule has 1 N–H and O–H groups in total. The van der Waals surface area contributed by atoms with Crippen molar-refractivity contribution in [1.29, 1.82) is 0 Å². The van der Waals surface area contributed by atoms with Gasteiger partial charge in [0.05, 0.1) is 5.69 Å². The average Bonchev–Trinajstić information content (AvgIpc) is 3.05. The molecule has 2 amide bonds. The van der Waals surface area contributed by atoms with Gasteiger partial charge >= 0.3 is 0 Å². The molecule has 0 spiro atoms. The van der Waals surface area contributed by atoms with E-state index in [1.54, 1.807) is 6.08 Å². The molecule has 1 fully saturated rings. The van der Waals surface area contributed by atoms with Crippen LogP contribution in [0.2, 0.25) is 0 Å². The number of carbonyl (C=O) groups is 2. The maximum atomic E-state index is 13.4. The molecule has 0 bridgehead atoms. The van der Waals surface area contributed by atoms with E-state index in [0.29, 0.717) is 11.6 Å². The Morgan fingerprint density at radius 1 is 0.970 bits per heavy atom. The van der Waals surface area contributed by atoms with Gasteiger partial charge in [0.15, 0.2) is 5.11 Å². The molecule has 2 heterocycles. The topological polar surface area (TPSA) is 54.3 Å². The molecule has 0 radical (unpaired) electrons. The molecule has 168 valence electrons. The number of hydrogen-bond donors (Lipinski definition) is 1. The summed E-state index contributed by atoms with van der Waals surface area (Å²) in [6, 6.07) is 17.9. The van der Waals surface area contributed by atoms with Gasteiger partial charge in [0, 0.05) is 20.6 Å². The van der Waals surface area contributed by atoms with Crippen molar-refractivity contribution in [3.05, 3.63) is 86.3 Å². The fraction of sp³-hybridized carbons (Fsp3) is 0.192. The maximum absolute atomic E-state index is 13.4. The van der Waals surface area contributed by atoms with E-state index in [9.17, 15) is 9.59 Å². The van der Waals surface area contributed by atoms with E-state index in [1.807, 2.05) is 44.2 Å². The summed E-state index contributed by atoms with van der Waals surface area (Å²) in [5.74, 6) is -0.541. The molecule has 1 aromatic heterocycles. The second-order valence-corrected chi connectivity index (χ2v) is 9.97. The molecule has 0 atom stereocenters. The average molecular weight is 569 g/mol. The van der Waals surface area contributed by atoms with Gasteiger partial charge in [-0.05, 0) is 114 Å². The summed E-state index contributed by atoms with van der Waals surface area (Å²) in [6.07, 6.45) is 1.65. The molecule has 33 heavy (non-hydrogen) atoms. The van der Waals surface area contributed by atoms with Crippen molar-refractivity contribution in [1.82, 2.24) is 9.88 Å². The summed E-state index contributed by atoms with van der Waals surface area (Å²) in [5, 5.41) is 2.75. The standard InChI is InChI=1S/C26H24IN3O2S/c1-15(2)18-5-9-22(10-6-18)30-25(32)23(24(31)28-26(30)33)14-19-13-16(3)29(17(19)4)21-11-7-20(27)8-12-21/h5-15H,1-4H3,(H,28,31,33)/b23-14-. The number of hydrogen-bond acceptors (Lipinski definition) is 3. The third-order valence-corrected chi connectivity index (χ3v) is 6.78. The van der Waals surface area contributed by atoms with E-state index < -0.39 is 11.8 Å². The molecule has 0 saturated carbocycles. The monoisotopic (exact) mass is 569 g/mol. The first-order valence-electron chi connectivity index (χ1n) is 10.6. The number of halogens is 1. The first-order chi connectivity index (χ1) is 15.7. The predicted molar refractivity (Wildman–Crippen MR) is 145 cm³/mol. The molecule has 1 aliphatic rings. The Kier molecular flexibility index (Phi) is 6.54. The fourth-order valence-corrected chi connectivity index (χ4v) is 4.62. The number of thiocarbonyl (C=S) groups is 1. The van der Waals surface area contributed by atoms with Gasteiger partial charge in [-0.2, -0.15) is 0 Å². The van der Waals surface area contributed by atoms with E-state index >= 15 is 0 Å². The molecule has 0 aliphatic carbocycles. The van der Waals surface area contributed by atoms with Crippen molar-refractivity contribution >= 4 is 63.5 Å². The highest BCUT2D eigenvalue weighted by Gasteiger charge is 2.34. The smallest absolute Gasteiger partial charge is 0.270 e. The van der Waals surface area contributed by atoms with Crippen LogP contribution in [0.15, 0.2) is 60.2 Å². The minimum Gasteiger partial charge on any atom is -0.318 e. The van der Waals surface area contributed by atoms with Crippen LogP contribution in [-0.4, -0.2) is 21.5 Å². The van der Waals surface area contributed by atoms with Gasteiger partial charge in [0.25, 0.3) is 11.8 Å². The molecule has 4 rings (SSSR count). The van der Waals surface area contributed by atoms with Crippen molar-refractivity contribution in [2.45, 2.75) is 33.6 Å². The van der Waals surface area contributed by atoms with Crippen LogP contribution in [0.25, 0.3) is 11.8 Å². The number of aryl methyl sites for hydroxylation is 1. The zero-order valence-corrected chi connectivity index (χ0v) is 21.8. The molecule has 0 unspecified atom stereocenters. The molecule has 7 heteroatoms. The minimum absolute atomic E-state index is 0.0550. The maximum Gasteiger partial charge on any atom is 0.270 e. The first-order valence-corrected chi connectivity index (χ1v) is 12.1. The van der Waals surface area contributed by atoms with E-state index in [4.69, 9.17) is 12.2 Å². The van der Waals surface area contributed by atoms with Crippen LogP contribution in [-0.2, 0) is 9.59 Å². The number of benzene rings is 2. The molecule has 5 nitrogen and oxygen atoms in total. The summed E-state index contributed by atoms with van der Waals surface area (Å²) in [5.41, 5.74) is 5.65. The number of amides is 2. The Morgan fingerprint density at radius 2 is 1.58 bits per heavy atom. The predicted octanol–water partition coefficient (Wildman–Crippen LogP) is 5.65. The van der Waals surface area contributed by atoms with Crippen molar-refractivity contribution in [2.75, 3.05) is 4.90 Å². The molecular formula is C26H24IN3O2S. The SMILES string of the molecule is Cc1cc(/C=C2/C(=O)NC(=S)N(c3ccc(C(C)C)cc3)C2=O)c(C)n1-c1ccc(I)cc1. The fourth-order valence-electron chi connectivity index (χ4n) is 3.98. The van der Waals surface area contributed by atoms with Crippen LogP contribution in [0.3, 0.4) is 0 Å². The largest absolute Gasteiger partial charge is 0.318 e. The summed E-state index contributed by atoms with van der Waals surface area (Å²) in [7, 11) is 0.